The monoisotopic (exact) mass is 308 g/mol. The van der Waals surface area contributed by atoms with Crippen molar-refractivity contribution in [1.82, 2.24) is 0 Å². The topological polar surface area (TPSA) is 55.1 Å². The lowest BCUT2D eigenvalue weighted by Crippen LogP contribution is -2.18. The zero-order chi connectivity index (χ0) is 15.3. The van der Waals surface area contributed by atoms with E-state index in [1.54, 1.807) is 6.92 Å². The van der Waals surface area contributed by atoms with Crippen LogP contribution in [0, 0.1) is 0 Å². The molecular weight excluding hydrogens is 293 g/mol. The molecule has 0 aliphatic rings. The van der Waals surface area contributed by atoms with Crippen molar-refractivity contribution in [2.24, 2.45) is 5.73 Å². The van der Waals surface area contributed by atoms with Gasteiger partial charge in [0.1, 0.15) is 0 Å². The Labute approximate surface area is 120 Å². The van der Waals surface area contributed by atoms with Gasteiger partial charge in [0.05, 0.1) is 11.3 Å². The van der Waals surface area contributed by atoms with Gasteiger partial charge < -0.3 is 11.1 Å². The van der Waals surface area contributed by atoms with Crippen LogP contribution in [0.3, 0.4) is 0 Å². The van der Waals surface area contributed by atoms with E-state index in [0.29, 0.717) is 12.8 Å². The summed E-state index contributed by atoms with van der Waals surface area (Å²) in [6, 6.07) is 3.20. The molecule has 3 N–H and O–H groups in total. The van der Waals surface area contributed by atoms with Crippen LogP contribution in [0.5, 0.6) is 0 Å². The second-order valence-electron chi connectivity index (χ2n) is 4.61. The highest BCUT2D eigenvalue weighted by atomic mass is 35.5. The minimum absolute atomic E-state index is 0.0349. The van der Waals surface area contributed by atoms with Crippen LogP contribution >= 0.6 is 11.6 Å². The van der Waals surface area contributed by atoms with E-state index in [-0.39, 0.29) is 23.2 Å². The standard InChI is InChI=1S/C13H16ClF3N2O/c1-8(18)3-2-4-12(20)19-11-6-5-9(14)7-10(11)13(15,16)17/h5-8H,2-4,18H2,1H3,(H,19,20). The van der Waals surface area contributed by atoms with Crippen LogP contribution < -0.4 is 11.1 Å². The quantitative estimate of drug-likeness (QED) is 0.869. The van der Waals surface area contributed by atoms with Gasteiger partial charge in [0.25, 0.3) is 0 Å². The molecule has 0 radical (unpaired) electrons. The first kappa shape index (κ1) is 16.8. The van der Waals surface area contributed by atoms with Crippen LogP contribution in [0.2, 0.25) is 5.02 Å². The van der Waals surface area contributed by atoms with Crippen molar-refractivity contribution in [3.63, 3.8) is 0 Å². The molecule has 1 aromatic rings. The third-order valence-corrected chi connectivity index (χ3v) is 2.86. The summed E-state index contributed by atoms with van der Waals surface area (Å²) in [7, 11) is 0. The molecule has 1 unspecified atom stereocenters. The van der Waals surface area contributed by atoms with E-state index >= 15 is 0 Å². The van der Waals surface area contributed by atoms with E-state index in [9.17, 15) is 18.0 Å². The van der Waals surface area contributed by atoms with Crippen LogP contribution in [0.4, 0.5) is 18.9 Å². The Morgan fingerprint density at radius 3 is 2.65 bits per heavy atom. The Bertz CT molecular complexity index is 475. The summed E-state index contributed by atoms with van der Waals surface area (Å²) in [6.45, 7) is 1.80. The summed E-state index contributed by atoms with van der Waals surface area (Å²) in [4.78, 5) is 11.6. The Kier molecular flexibility index (Phi) is 5.83. The lowest BCUT2D eigenvalue weighted by molar-refractivity contribution is -0.137. The average molecular weight is 309 g/mol. The Morgan fingerprint density at radius 2 is 2.10 bits per heavy atom. The number of nitrogens with one attached hydrogen (secondary N) is 1. The van der Waals surface area contributed by atoms with E-state index < -0.39 is 17.6 Å². The zero-order valence-corrected chi connectivity index (χ0v) is 11.7. The lowest BCUT2D eigenvalue weighted by atomic mass is 10.1. The number of anilines is 1. The maximum absolute atomic E-state index is 12.8. The second kappa shape index (κ2) is 6.95. The van der Waals surface area contributed by atoms with Gasteiger partial charge in [-0.25, -0.2) is 0 Å². The number of amides is 1. The average Bonchev–Trinajstić information content (AvgIpc) is 2.29. The van der Waals surface area contributed by atoms with Gasteiger partial charge in [-0.05, 0) is 38.0 Å². The van der Waals surface area contributed by atoms with Gasteiger partial charge >= 0.3 is 6.18 Å². The fourth-order valence-electron chi connectivity index (χ4n) is 1.66. The number of rotatable bonds is 5. The molecule has 0 aliphatic heterocycles. The Hall–Kier alpha value is -1.27. The van der Waals surface area contributed by atoms with Crippen molar-refractivity contribution in [2.45, 2.75) is 38.4 Å². The van der Waals surface area contributed by atoms with Gasteiger partial charge in [-0.3, -0.25) is 4.79 Å². The molecule has 1 atom stereocenters. The summed E-state index contributed by atoms with van der Waals surface area (Å²) in [6.07, 6.45) is -3.28. The number of halogens is 4. The predicted octanol–water partition coefficient (Wildman–Crippen LogP) is 3.81. The number of nitrogens with two attached hydrogens (primary N) is 1. The molecule has 0 saturated carbocycles. The normalized spacial score (nSPS) is 13.1. The van der Waals surface area contributed by atoms with Gasteiger partial charge in [-0.2, -0.15) is 13.2 Å². The van der Waals surface area contributed by atoms with Crippen molar-refractivity contribution in [3.05, 3.63) is 28.8 Å². The smallest absolute Gasteiger partial charge is 0.328 e. The lowest BCUT2D eigenvalue weighted by Gasteiger charge is -2.14. The highest BCUT2D eigenvalue weighted by Gasteiger charge is 2.34. The van der Waals surface area contributed by atoms with Gasteiger partial charge in [-0.1, -0.05) is 11.6 Å². The highest BCUT2D eigenvalue weighted by molar-refractivity contribution is 6.30. The molecule has 1 amide bonds. The maximum atomic E-state index is 12.8. The maximum Gasteiger partial charge on any atom is 0.418 e. The molecule has 20 heavy (non-hydrogen) atoms. The summed E-state index contributed by atoms with van der Waals surface area (Å²) in [5.74, 6) is -0.474. The number of carbonyl (C=O) groups is 1. The fraction of sp³-hybridized carbons (Fsp3) is 0.462. The van der Waals surface area contributed by atoms with Crippen LogP contribution in [0.1, 0.15) is 31.7 Å². The first-order valence-electron chi connectivity index (χ1n) is 6.12. The molecule has 0 aromatic heterocycles. The number of benzene rings is 1. The number of carbonyl (C=O) groups excluding carboxylic acids is 1. The van der Waals surface area contributed by atoms with Gasteiger partial charge in [0.15, 0.2) is 0 Å². The SMILES string of the molecule is CC(N)CCCC(=O)Nc1ccc(Cl)cc1C(F)(F)F. The molecule has 0 fully saturated rings. The first-order valence-corrected chi connectivity index (χ1v) is 6.50. The van der Waals surface area contributed by atoms with Gasteiger partial charge in [0.2, 0.25) is 5.91 Å². The third kappa shape index (κ3) is 5.38. The van der Waals surface area contributed by atoms with Crippen molar-refractivity contribution >= 4 is 23.2 Å². The largest absolute Gasteiger partial charge is 0.418 e. The highest BCUT2D eigenvalue weighted by Crippen LogP contribution is 2.36. The molecule has 0 bridgehead atoms. The van der Waals surface area contributed by atoms with Gasteiger partial charge in [-0.15, -0.1) is 0 Å². The molecule has 0 heterocycles. The van der Waals surface area contributed by atoms with Crippen molar-refractivity contribution < 1.29 is 18.0 Å². The summed E-state index contributed by atoms with van der Waals surface area (Å²) in [5, 5.41) is 2.22. The molecule has 1 aromatic carbocycles. The first-order chi connectivity index (χ1) is 9.20. The minimum atomic E-state index is -4.57. The second-order valence-corrected chi connectivity index (χ2v) is 5.04. The number of hydrogen-bond acceptors (Lipinski definition) is 2. The fourth-order valence-corrected chi connectivity index (χ4v) is 1.83. The zero-order valence-electron chi connectivity index (χ0n) is 10.9. The Balaban J connectivity index is 2.75. The van der Waals surface area contributed by atoms with Gasteiger partial charge in [0, 0.05) is 17.5 Å². The van der Waals surface area contributed by atoms with Crippen LogP contribution in [0.15, 0.2) is 18.2 Å². The molecule has 3 nitrogen and oxygen atoms in total. The van der Waals surface area contributed by atoms with E-state index in [2.05, 4.69) is 5.32 Å². The van der Waals surface area contributed by atoms with Crippen LogP contribution in [-0.2, 0) is 11.0 Å². The number of alkyl halides is 3. The molecule has 0 spiro atoms. The van der Waals surface area contributed by atoms with E-state index in [0.717, 1.165) is 12.1 Å². The van der Waals surface area contributed by atoms with E-state index in [1.807, 2.05) is 0 Å². The molecule has 7 heteroatoms. The van der Waals surface area contributed by atoms with Crippen LogP contribution in [-0.4, -0.2) is 11.9 Å². The predicted molar refractivity (Wildman–Crippen MR) is 72.6 cm³/mol. The van der Waals surface area contributed by atoms with E-state index in [4.69, 9.17) is 17.3 Å². The Morgan fingerprint density at radius 1 is 1.45 bits per heavy atom. The molecular formula is C13H16ClF3N2O. The van der Waals surface area contributed by atoms with Crippen LogP contribution in [0.25, 0.3) is 0 Å². The number of hydrogen-bond donors (Lipinski definition) is 2. The molecule has 112 valence electrons. The van der Waals surface area contributed by atoms with Crippen molar-refractivity contribution in [2.75, 3.05) is 5.32 Å². The molecule has 1 rings (SSSR count). The molecule has 0 saturated heterocycles. The summed E-state index contributed by atoms with van der Waals surface area (Å²) >= 11 is 5.55. The minimum Gasteiger partial charge on any atom is -0.328 e. The summed E-state index contributed by atoms with van der Waals surface area (Å²) < 4.78 is 38.4. The van der Waals surface area contributed by atoms with Crippen molar-refractivity contribution in [3.8, 4) is 0 Å². The third-order valence-electron chi connectivity index (χ3n) is 2.62. The molecule has 0 aliphatic carbocycles. The van der Waals surface area contributed by atoms with Crippen molar-refractivity contribution in [1.29, 1.82) is 0 Å². The van der Waals surface area contributed by atoms with E-state index in [1.165, 1.54) is 6.07 Å². The summed E-state index contributed by atoms with van der Waals surface area (Å²) in [5.41, 5.74) is 4.30.